The van der Waals surface area contributed by atoms with E-state index in [1.807, 2.05) is 31.2 Å². The van der Waals surface area contributed by atoms with Crippen molar-refractivity contribution in [1.82, 2.24) is 20.3 Å². The van der Waals surface area contributed by atoms with E-state index in [1.54, 1.807) is 0 Å². The molecule has 0 unspecified atom stereocenters. The lowest BCUT2D eigenvalue weighted by Gasteiger charge is -2.36. The van der Waals surface area contributed by atoms with Gasteiger partial charge in [0.1, 0.15) is 11.5 Å². The number of hydrogen-bond acceptors (Lipinski definition) is 5. The Kier molecular flexibility index (Phi) is 7.93. The number of guanidine groups is 1. The third kappa shape index (κ3) is 6.49. The Morgan fingerprint density at radius 3 is 2.69 bits per heavy atom. The van der Waals surface area contributed by atoms with Crippen molar-refractivity contribution in [2.24, 2.45) is 4.99 Å². The highest BCUT2D eigenvalue weighted by atomic mass is 16.5. The average molecular weight is 400 g/mol. The SMILES string of the molecule is CCNC(=NCCCOc1ccccc1C)N1CCN(Cc2cc(C)on2)CC1. The van der Waals surface area contributed by atoms with Gasteiger partial charge in [-0.3, -0.25) is 9.89 Å². The summed E-state index contributed by atoms with van der Waals surface area (Å²) in [5, 5.41) is 7.53. The fourth-order valence-electron chi connectivity index (χ4n) is 3.42. The van der Waals surface area contributed by atoms with Crippen LogP contribution in [0.3, 0.4) is 0 Å². The van der Waals surface area contributed by atoms with Crippen molar-refractivity contribution in [3.63, 3.8) is 0 Å². The van der Waals surface area contributed by atoms with Gasteiger partial charge >= 0.3 is 0 Å². The molecule has 1 aromatic heterocycles. The second-order valence-corrected chi connectivity index (χ2v) is 7.40. The van der Waals surface area contributed by atoms with Crippen LogP contribution >= 0.6 is 0 Å². The van der Waals surface area contributed by atoms with Crippen LogP contribution in [-0.4, -0.2) is 66.8 Å². The largest absolute Gasteiger partial charge is 0.493 e. The lowest BCUT2D eigenvalue weighted by molar-refractivity contribution is 0.169. The fourth-order valence-corrected chi connectivity index (χ4v) is 3.42. The minimum Gasteiger partial charge on any atom is -0.493 e. The number of aromatic nitrogens is 1. The molecule has 3 rings (SSSR count). The van der Waals surface area contributed by atoms with E-state index in [2.05, 4.69) is 40.2 Å². The molecule has 0 bridgehead atoms. The van der Waals surface area contributed by atoms with E-state index in [4.69, 9.17) is 14.3 Å². The van der Waals surface area contributed by atoms with Crippen LogP contribution in [0, 0.1) is 13.8 Å². The monoisotopic (exact) mass is 399 g/mol. The Hall–Kier alpha value is -2.54. The van der Waals surface area contributed by atoms with Crippen molar-refractivity contribution in [3.05, 3.63) is 47.3 Å². The van der Waals surface area contributed by atoms with Gasteiger partial charge in [-0.1, -0.05) is 23.4 Å². The predicted molar refractivity (Wildman–Crippen MR) is 115 cm³/mol. The number of hydrogen-bond donors (Lipinski definition) is 1. The second kappa shape index (κ2) is 10.9. The van der Waals surface area contributed by atoms with Crippen molar-refractivity contribution in [2.75, 3.05) is 45.9 Å². The normalized spacial score (nSPS) is 15.6. The predicted octanol–water partition coefficient (Wildman–Crippen LogP) is 2.84. The molecule has 0 atom stereocenters. The van der Waals surface area contributed by atoms with Gasteiger partial charge in [-0.05, 0) is 32.4 Å². The van der Waals surface area contributed by atoms with Crippen LogP contribution < -0.4 is 10.1 Å². The molecule has 29 heavy (non-hydrogen) atoms. The molecule has 1 aliphatic heterocycles. The highest BCUT2D eigenvalue weighted by Crippen LogP contribution is 2.16. The summed E-state index contributed by atoms with van der Waals surface area (Å²) in [5.74, 6) is 2.83. The van der Waals surface area contributed by atoms with E-state index in [0.717, 1.165) is 75.4 Å². The standard InChI is InChI=1S/C22H33N5O2/c1-4-23-22(24-10-7-15-28-21-9-6-5-8-18(21)2)27-13-11-26(12-14-27)17-20-16-19(3)29-25-20/h5-6,8-9,16H,4,7,10-15,17H2,1-3H3,(H,23,24). The van der Waals surface area contributed by atoms with Crippen LogP contribution in [0.5, 0.6) is 5.75 Å². The van der Waals surface area contributed by atoms with Crippen molar-refractivity contribution in [1.29, 1.82) is 0 Å². The van der Waals surface area contributed by atoms with Gasteiger partial charge in [-0.25, -0.2) is 0 Å². The minimum atomic E-state index is 0.679. The molecule has 0 spiro atoms. The highest BCUT2D eigenvalue weighted by molar-refractivity contribution is 5.80. The summed E-state index contributed by atoms with van der Waals surface area (Å²) in [6.45, 7) is 13.2. The molecule has 1 aliphatic rings. The first-order valence-corrected chi connectivity index (χ1v) is 10.5. The number of para-hydroxylation sites is 1. The van der Waals surface area contributed by atoms with Crippen molar-refractivity contribution < 1.29 is 9.26 Å². The Morgan fingerprint density at radius 1 is 1.21 bits per heavy atom. The fraction of sp³-hybridized carbons (Fsp3) is 0.545. The third-order valence-electron chi connectivity index (χ3n) is 4.98. The zero-order chi connectivity index (χ0) is 20.5. The van der Waals surface area contributed by atoms with Crippen LogP contribution in [0.25, 0.3) is 0 Å². The average Bonchev–Trinajstić information content (AvgIpc) is 3.13. The molecule has 0 saturated carbocycles. The van der Waals surface area contributed by atoms with Crippen LogP contribution in [-0.2, 0) is 6.54 Å². The second-order valence-electron chi connectivity index (χ2n) is 7.40. The number of nitrogens with one attached hydrogen (secondary N) is 1. The Bertz CT molecular complexity index is 781. The summed E-state index contributed by atoms with van der Waals surface area (Å²) in [4.78, 5) is 9.56. The van der Waals surface area contributed by atoms with Gasteiger partial charge in [0.2, 0.25) is 0 Å². The first kappa shape index (κ1) is 21.2. The van der Waals surface area contributed by atoms with Crippen LogP contribution in [0.1, 0.15) is 30.4 Å². The van der Waals surface area contributed by atoms with E-state index >= 15 is 0 Å². The lowest BCUT2D eigenvalue weighted by atomic mass is 10.2. The van der Waals surface area contributed by atoms with Crippen LogP contribution in [0.15, 0.2) is 39.8 Å². The van der Waals surface area contributed by atoms with E-state index in [-0.39, 0.29) is 0 Å². The smallest absolute Gasteiger partial charge is 0.194 e. The maximum atomic E-state index is 5.87. The number of aliphatic imine (C=N–C) groups is 1. The summed E-state index contributed by atoms with van der Waals surface area (Å²) in [6, 6.07) is 10.1. The molecule has 0 aliphatic carbocycles. The van der Waals surface area contributed by atoms with Gasteiger partial charge in [-0.2, -0.15) is 0 Å². The van der Waals surface area contributed by atoms with E-state index in [1.165, 1.54) is 5.56 Å². The zero-order valence-corrected chi connectivity index (χ0v) is 17.9. The van der Waals surface area contributed by atoms with Crippen LogP contribution in [0.4, 0.5) is 0 Å². The summed E-state index contributed by atoms with van der Waals surface area (Å²) in [6.07, 6.45) is 0.898. The molecular weight excluding hydrogens is 366 g/mol. The highest BCUT2D eigenvalue weighted by Gasteiger charge is 2.20. The Labute approximate surface area is 173 Å². The molecule has 158 valence electrons. The maximum absolute atomic E-state index is 5.87. The zero-order valence-electron chi connectivity index (χ0n) is 17.9. The number of rotatable bonds is 8. The van der Waals surface area contributed by atoms with E-state index < -0.39 is 0 Å². The number of benzene rings is 1. The van der Waals surface area contributed by atoms with Gasteiger partial charge in [-0.15, -0.1) is 0 Å². The number of ether oxygens (including phenoxy) is 1. The minimum absolute atomic E-state index is 0.679. The van der Waals surface area contributed by atoms with Gasteiger partial charge in [0, 0.05) is 58.3 Å². The summed E-state index contributed by atoms with van der Waals surface area (Å²) < 4.78 is 11.0. The summed E-state index contributed by atoms with van der Waals surface area (Å²) in [7, 11) is 0. The molecule has 1 aromatic carbocycles. The van der Waals surface area contributed by atoms with Gasteiger partial charge in [0.15, 0.2) is 5.96 Å². The van der Waals surface area contributed by atoms with Gasteiger partial charge in [0.05, 0.1) is 12.3 Å². The molecule has 1 N–H and O–H groups in total. The molecule has 0 amide bonds. The first-order valence-electron chi connectivity index (χ1n) is 10.5. The molecule has 1 fully saturated rings. The van der Waals surface area contributed by atoms with E-state index in [9.17, 15) is 0 Å². The number of piperazine rings is 1. The third-order valence-corrected chi connectivity index (χ3v) is 4.98. The maximum Gasteiger partial charge on any atom is 0.194 e. The molecule has 7 heteroatoms. The molecule has 2 aromatic rings. The molecular formula is C22H33N5O2. The number of aryl methyl sites for hydroxylation is 2. The molecule has 1 saturated heterocycles. The van der Waals surface area contributed by atoms with Crippen molar-refractivity contribution >= 4 is 5.96 Å². The van der Waals surface area contributed by atoms with Gasteiger partial charge < -0.3 is 19.5 Å². The van der Waals surface area contributed by atoms with Crippen LogP contribution in [0.2, 0.25) is 0 Å². The molecule has 7 nitrogen and oxygen atoms in total. The summed E-state index contributed by atoms with van der Waals surface area (Å²) in [5.41, 5.74) is 2.17. The van der Waals surface area contributed by atoms with Crippen molar-refractivity contribution in [2.45, 2.75) is 33.7 Å². The number of nitrogens with zero attached hydrogens (tertiary/aromatic N) is 4. The van der Waals surface area contributed by atoms with Crippen molar-refractivity contribution in [3.8, 4) is 5.75 Å². The van der Waals surface area contributed by atoms with E-state index in [0.29, 0.717) is 6.61 Å². The Morgan fingerprint density at radius 2 is 2.00 bits per heavy atom. The quantitative estimate of drug-likeness (QED) is 0.418. The molecule has 0 radical (unpaired) electrons. The first-order chi connectivity index (χ1) is 14.2. The van der Waals surface area contributed by atoms with Gasteiger partial charge in [0.25, 0.3) is 0 Å². The molecule has 2 heterocycles. The Balaban J connectivity index is 1.42. The topological polar surface area (TPSA) is 66.1 Å². The summed E-state index contributed by atoms with van der Waals surface area (Å²) >= 11 is 0. The lowest BCUT2D eigenvalue weighted by Crippen LogP contribution is -2.52.